The van der Waals surface area contributed by atoms with E-state index in [4.69, 9.17) is 10.7 Å². The summed E-state index contributed by atoms with van der Waals surface area (Å²) in [6, 6.07) is 6.80. The molecule has 1 aromatic rings. The van der Waals surface area contributed by atoms with Crippen LogP contribution in [0.25, 0.3) is 0 Å². The molecule has 0 amide bonds. The Bertz CT molecular complexity index is 512. The number of hydrogen-bond donors (Lipinski definition) is 0. The molecular weight excluding hydrogens is 348 g/mol. The van der Waals surface area contributed by atoms with Crippen molar-refractivity contribution >= 4 is 31.5 Å². The summed E-state index contributed by atoms with van der Waals surface area (Å²) in [5.74, 6) is 1.09. The molecule has 5 heteroatoms. The molecule has 1 rings (SSSR count). The second-order valence-corrected chi connectivity index (χ2v) is 9.67. The molecule has 23 heavy (non-hydrogen) atoms. The lowest BCUT2D eigenvalue weighted by atomic mass is 10.1. The van der Waals surface area contributed by atoms with Crippen molar-refractivity contribution in [2.75, 3.05) is 5.75 Å². The topological polar surface area (TPSA) is 34.1 Å². The highest BCUT2D eigenvalue weighted by atomic mass is 35.7. The van der Waals surface area contributed by atoms with Gasteiger partial charge in [0, 0.05) is 15.6 Å². The Morgan fingerprint density at radius 2 is 1.30 bits per heavy atom. The van der Waals surface area contributed by atoms with E-state index in [0.29, 0.717) is 0 Å². The highest BCUT2D eigenvalue weighted by Crippen LogP contribution is 2.23. The van der Waals surface area contributed by atoms with Crippen molar-refractivity contribution in [3.63, 3.8) is 0 Å². The summed E-state index contributed by atoms with van der Waals surface area (Å²) in [5, 5.41) is 0. The molecule has 0 bridgehead atoms. The maximum atomic E-state index is 11.2. The Kier molecular flexibility index (Phi) is 11.1. The minimum Gasteiger partial charge on any atom is -0.207 e. The third kappa shape index (κ3) is 10.3. The van der Waals surface area contributed by atoms with Crippen LogP contribution in [-0.4, -0.2) is 14.2 Å². The SMILES string of the molecule is CCCCCCCCCCCCSc1ccc(S(=O)(=O)Cl)cc1. The van der Waals surface area contributed by atoms with Gasteiger partial charge in [-0.15, -0.1) is 11.8 Å². The molecule has 0 saturated carbocycles. The maximum Gasteiger partial charge on any atom is 0.261 e. The first-order chi connectivity index (χ1) is 11.0. The van der Waals surface area contributed by atoms with Crippen LogP contribution in [0, 0.1) is 0 Å². The van der Waals surface area contributed by atoms with Crippen LogP contribution in [0.3, 0.4) is 0 Å². The monoisotopic (exact) mass is 376 g/mol. The number of halogens is 1. The Hall–Kier alpha value is -0.190. The predicted molar refractivity (Wildman–Crippen MR) is 102 cm³/mol. The molecule has 0 aliphatic heterocycles. The first-order valence-electron chi connectivity index (χ1n) is 8.71. The largest absolute Gasteiger partial charge is 0.261 e. The fourth-order valence-electron chi connectivity index (χ4n) is 2.48. The van der Waals surface area contributed by atoms with Crippen molar-refractivity contribution in [2.45, 2.75) is 80.9 Å². The van der Waals surface area contributed by atoms with Crippen molar-refractivity contribution in [2.24, 2.45) is 0 Å². The van der Waals surface area contributed by atoms with E-state index in [2.05, 4.69) is 6.92 Å². The van der Waals surface area contributed by atoms with Gasteiger partial charge in [-0.05, 0) is 36.4 Å². The third-order valence-corrected chi connectivity index (χ3v) is 6.34. The smallest absolute Gasteiger partial charge is 0.207 e. The molecule has 0 aliphatic rings. The molecule has 0 saturated heterocycles. The molecule has 0 atom stereocenters. The number of thioether (sulfide) groups is 1. The van der Waals surface area contributed by atoms with Gasteiger partial charge >= 0.3 is 0 Å². The van der Waals surface area contributed by atoms with E-state index in [1.807, 2.05) is 12.1 Å². The summed E-state index contributed by atoms with van der Waals surface area (Å²) in [5.41, 5.74) is 0. The van der Waals surface area contributed by atoms with Gasteiger partial charge in [0.25, 0.3) is 9.05 Å². The van der Waals surface area contributed by atoms with E-state index in [1.165, 1.54) is 64.2 Å². The Morgan fingerprint density at radius 1 is 0.826 bits per heavy atom. The third-order valence-electron chi connectivity index (χ3n) is 3.87. The summed E-state index contributed by atoms with van der Waals surface area (Å²) >= 11 is 1.78. The molecule has 0 aromatic heterocycles. The van der Waals surface area contributed by atoms with E-state index in [9.17, 15) is 8.42 Å². The fraction of sp³-hybridized carbons (Fsp3) is 0.667. The first-order valence-corrected chi connectivity index (χ1v) is 12.0. The predicted octanol–water partition coefficient (Wildman–Crippen LogP) is 6.63. The van der Waals surface area contributed by atoms with Gasteiger partial charge < -0.3 is 0 Å². The van der Waals surface area contributed by atoms with E-state index >= 15 is 0 Å². The minimum atomic E-state index is -3.60. The minimum absolute atomic E-state index is 0.169. The van der Waals surface area contributed by atoms with E-state index in [-0.39, 0.29) is 4.90 Å². The van der Waals surface area contributed by atoms with Gasteiger partial charge in [-0.25, -0.2) is 8.42 Å². The molecule has 2 nitrogen and oxygen atoms in total. The van der Waals surface area contributed by atoms with Crippen LogP contribution in [-0.2, 0) is 9.05 Å². The van der Waals surface area contributed by atoms with Gasteiger partial charge in [-0.1, -0.05) is 64.7 Å². The summed E-state index contributed by atoms with van der Waals surface area (Å²) < 4.78 is 22.3. The summed E-state index contributed by atoms with van der Waals surface area (Å²) in [6.45, 7) is 2.26. The zero-order valence-corrected chi connectivity index (χ0v) is 16.5. The molecule has 0 heterocycles. The normalized spacial score (nSPS) is 11.7. The van der Waals surface area contributed by atoms with E-state index in [1.54, 1.807) is 23.9 Å². The molecule has 1 aromatic carbocycles. The van der Waals surface area contributed by atoms with E-state index < -0.39 is 9.05 Å². The molecule has 0 unspecified atom stereocenters. The summed E-state index contributed by atoms with van der Waals surface area (Å²) in [4.78, 5) is 1.27. The van der Waals surface area contributed by atoms with Crippen LogP contribution in [0.2, 0.25) is 0 Å². The highest BCUT2D eigenvalue weighted by molar-refractivity contribution is 8.13. The Balaban J connectivity index is 2.01. The molecule has 0 aliphatic carbocycles. The van der Waals surface area contributed by atoms with Gasteiger partial charge in [0.2, 0.25) is 0 Å². The van der Waals surface area contributed by atoms with Crippen molar-refractivity contribution in [3.8, 4) is 0 Å². The second-order valence-electron chi connectivity index (χ2n) is 5.94. The maximum absolute atomic E-state index is 11.2. The van der Waals surface area contributed by atoms with Gasteiger partial charge in [0.1, 0.15) is 0 Å². The van der Waals surface area contributed by atoms with Gasteiger partial charge in [0.15, 0.2) is 0 Å². The average Bonchev–Trinajstić information content (AvgIpc) is 2.52. The zero-order valence-electron chi connectivity index (χ0n) is 14.1. The number of unbranched alkanes of at least 4 members (excludes halogenated alkanes) is 9. The van der Waals surface area contributed by atoms with Crippen LogP contribution in [0.1, 0.15) is 71.1 Å². The van der Waals surface area contributed by atoms with E-state index in [0.717, 1.165) is 10.6 Å². The van der Waals surface area contributed by atoms with Crippen molar-refractivity contribution in [1.82, 2.24) is 0 Å². The molecule has 132 valence electrons. The zero-order chi connectivity index (χ0) is 17.0. The van der Waals surface area contributed by atoms with Gasteiger partial charge in [-0.3, -0.25) is 0 Å². The van der Waals surface area contributed by atoms with Crippen LogP contribution in [0.5, 0.6) is 0 Å². The Labute approximate surface area is 150 Å². The molecule has 0 N–H and O–H groups in total. The summed E-state index contributed by atoms with van der Waals surface area (Å²) in [6.07, 6.45) is 13.5. The molecule has 0 radical (unpaired) electrons. The lowest BCUT2D eigenvalue weighted by Crippen LogP contribution is -1.89. The van der Waals surface area contributed by atoms with Crippen molar-refractivity contribution < 1.29 is 8.42 Å². The van der Waals surface area contributed by atoms with Crippen LogP contribution < -0.4 is 0 Å². The standard InChI is InChI=1S/C18H29ClO2S2/c1-2-3-4-5-6-7-8-9-10-11-16-22-17-12-14-18(15-13-17)23(19,20)21/h12-15H,2-11,16H2,1H3. The van der Waals surface area contributed by atoms with Crippen LogP contribution >= 0.6 is 22.4 Å². The number of rotatable bonds is 13. The number of hydrogen-bond acceptors (Lipinski definition) is 3. The van der Waals surface area contributed by atoms with Crippen LogP contribution in [0.4, 0.5) is 0 Å². The van der Waals surface area contributed by atoms with Crippen LogP contribution in [0.15, 0.2) is 34.1 Å². The molecular formula is C18H29ClO2S2. The number of benzene rings is 1. The summed E-state index contributed by atoms with van der Waals surface area (Å²) in [7, 11) is 1.70. The fourth-order valence-corrected chi connectivity index (χ4v) is 4.16. The average molecular weight is 377 g/mol. The van der Waals surface area contributed by atoms with Crippen molar-refractivity contribution in [1.29, 1.82) is 0 Å². The quantitative estimate of drug-likeness (QED) is 0.220. The lowest BCUT2D eigenvalue weighted by molar-refractivity contribution is 0.563. The van der Waals surface area contributed by atoms with Gasteiger partial charge in [-0.2, -0.15) is 0 Å². The molecule has 0 fully saturated rings. The second kappa shape index (κ2) is 12.2. The Morgan fingerprint density at radius 3 is 1.78 bits per heavy atom. The lowest BCUT2D eigenvalue weighted by Gasteiger charge is -2.04. The molecule has 0 spiro atoms. The van der Waals surface area contributed by atoms with Gasteiger partial charge in [0.05, 0.1) is 4.90 Å². The van der Waals surface area contributed by atoms with Crippen molar-refractivity contribution in [3.05, 3.63) is 24.3 Å². The highest BCUT2D eigenvalue weighted by Gasteiger charge is 2.08. The first kappa shape index (κ1) is 20.9.